The maximum Gasteiger partial charge on any atom is 0.303 e. The topological polar surface area (TPSA) is 107 Å². The zero-order valence-electron chi connectivity index (χ0n) is 12.6. The molecule has 0 radical (unpaired) electrons. The normalized spacial score (nSPS) is 16.9. The summed E-state index contributed by atoms with van der Waals surface area (Å²) in [6, 6.07) is 0. The van der Waals surface area contributed by atoms with Crippen LogP contribution in [0.5, 0.6) is 0 Å². The van der Waals surface area contributed by atoms with Crippen LogP contribution in [0.1, 0.15) is 32.6 Å². The SMILES string of the molecule is CO[C@@H](/C=C/CCCCC(=O)O)[C@@H](O)[C@H](O)/C=C(\C)CO. The lowest BCUT2D eigenvalue weighted by Crippen LogP contribution is -2.36. The summed E-state index contributed by atoms with van der Waals surface area (Å²) in [5.41, 5.74) is 0.564. The van der Waals surface area contributed by atoms with Crippen molar-refractivity contribution in [2.45, 2.75) is 50.9 Å². The van der Waals surface area contributed by atoms with E-state index < -0.39 is 24.3 Å². The number of aliphatic hydroxyl groups is 3. The molecule has 0 saturated heterocycles. The summed E-state index contributed by atoms with van der Waals surface area (Å²) in [6.45, 7) is 1.47. The molecule has 122 valence electrons. The van der Waals surface area contributed by atoms with Crippen molar-refractivity contribution in [1.82, 2.24) is 0 Å². The number of carboxylic acid groups (broad SMARTS) is 1. The molecule has 0 aliphatic carbocycles. The van der Waals surface area contributed by atoms with E-state index in [4.69, 9.17) is 14.9 Å². The Hall–Kier alpha value is -1.21. The smallest absolute Gasteiger partial charge is 0.303 e. The van der Waals surface area contributed by atoms with E-state index in [2.05, 4.69) is 0 Å². The Morgan fingerprint density at radius 1 is 1.29 bits per heavy atom. The quantitative estimate of drug-likeness (QED) is 0.333. The molecule has 4 N–H and O–H groups in total. The number of unbranched alkanes of at least 4 members (excludes halogenated alkanes) is 2. The molecule has 0 heterocycles. The first-order valence-electron chi connectivity index (χ1n) is 6.98. The lowest BCUT2D eigenvalue weighted by molar-refractivity contribution is -0.137. The van der Waals surface area contributed by atoms with Gasteiger partial charge in [0.25, 0.3) is 0 Å². The molecule has 0 amide bonds. The second-order valence-electron chi connectivity index (χ2n) is 4.92. The van der Waals surface area contributed by atoms with E-state index in [1.165, 1.54) is 13.2 Å². The van der Waals surface area contributed by atoms with Crippen molar-refractivity contribution >= 4 is 5.97 Å². The van der Waals surface area contributed by atoms with Gasteiger partial charge in [-0.05, 0) is 31.8 Å². The summed E-state index contributed by atoms with van der Waals surface area (Å²) in [4.78, 5) is 10.3. The van der Waals surface area contributed by atoms with Crippen LogP contribution in [0.3, 0.4) is 0 Å². The standard InChI is InChI=1S/C15H26O6/c1-11(10-16)9-12(17)15(20)13(21-2)7-5-3-4-6-8-14(18)19/h5,7,9,12-13,15-17,20H,3-4,6,8,10H2,1-2H3,(H,18,19)/b7-5+,11-9+/t12-,13+,15+/m1/s1. The van der Waals surface area contributed by atoms with Crippen molar-refractivity contribution in [3.63, 3.8) is 0 Å². The van der Waals surface area contributed by atoms with E-state index in [9.17, 15) is 15.0 Å². The average molecular weight is 302 g/mol. The van der Waals surface area contributed by atoms with Crippen molar-refractivity contribution in [3.8, 4) is 0 Å². The molecule has 0 aromatic rings. The zero-order chi connectivity index (χ0) is 16.3. The van der Waals surface area contributed by atoms with Crippen LogP contribution < -0.4 is 0 Å². The Kier molecular flexibility index (Phi) is 10.8. The number of aliphatic carboxylic acids is 1. The fourth-order valence-corrected chi connectivity index (χ4v) is 1.74. The summed E-state index contributed by atoms with van der Waals surface area (Å²) < 4.78 is 5.11. The second-order valence-corrected chi connectivity index (χ2v) is 4.92. The molecule has 3 atom stereocenters. The number of rotatable bonds is 11. The third kappa shape index (κ3) is 9.36. The average Bonchev–Trinajstić information content (AvgIpc) is 2.45. The number of hydrogen-bond donors (Lipinski definition) is 4. The molecule has 6 nitrogen and oxygen atoms in total. The monoisotopic (exact) mass is 302 g/mol. The molecule has 0 fully saturated rings. The summed E-state index contributed by atoms with van der Waals surface area (Å²) in [5, 5.41) is 37.1. The maximum atomic E-state index is 10.3. The van der Waals surface area contributed by atoms with Gasteiger partial charge in [-0.15, -0.1) is 0 Å². The highest BCUT2D eigenvalue weighted by atomic mass is 16.5. The molecule has 0 bridgehead atoms. The molecular formula is C15H26O6. The summed E-state index contributed by atoms with van der Waals surface area (Å²) in [7, 11) is 1.43. The van der Waals surface area contributed by atoms with Crippen molar-refractivity contribution in [2.24, 2.45) is 0 Å². The molecule has 0 saturated carbocycles. The number of methoxy groups -OCH3 is 1. The molecule has 0 aliphatic rings. The van der Waals surface area contributed by atoms with Gasteiger partial charge in [-0.3, -0.25) is 4.79 Å². The van der Waals surface area contributed by atoms with Crippen LogP contribution >= 0.6 is 0 Å². The van der Waals surface area contributed by atoms with E-state index in [0.29, 0.717) is 18.4 Å². The molecule has 0 unspecified atom stereocenters. The van der Waals surface area contributed by atoms with Gasteiger partial charge in [0.2, 0.25) is 0 Å². The Morgan fingerprint density at radius 2 is 1.95 bits per heavy atom. The highest BCUT2D eigenvalue weighted by molar-refractivity contribution is 5.66. The van der Waals surface area contributed by atoms with Crippen LogP contribution in [0.2, 0.25) is 0 Å². The summed E-state index contributed by atoms with van der Waals surface area (Å²) in [5.74, 6) is -0.807. The Balaban J connectivity index is 4.27. The number of hydrogen-bond acceptors (Lipinski definition) is 5. The number of allylic oxidation sites excluding steroid dienone is 1. The minimum atomic E-state index is -1.13. The molecule has 0 aromatic carbocycles. The Bertz CT molecular complexity index is 350. The fraction of sp³-hybridized carbons (Fsp3) is 0.667. The minimum absolute atomic E-state index is 0.147. The van der Waals surface area contributed by atoms with Gasteiger partial charge in [0.1, 0.15) is 18.3 Å². The zero-order valence-corrected chi connectivity index (χ0v) is 12.6. The highest BCUT2D eigenvalue weighted by Crippen LogP contribution is 2.10. The number of ether oxygens (including phenoxy) is 1. The predicted molar refractivity (Wildman–Crippen MR) is 78.9 cm³/mol. The molecule has 21 heavy (non-hydrogen) atoms. The van der Waals surface area contributed by atoms with Crippen LogP contribution in [0.15, 0.2) is 23.8 Å². The maximum absolute atomic E-state index is 10.3. The fourth-order valence-electron chi connectivity index (χ4n) is 1.74. The van der Waals surface area contributed by atoms with Gasteiger partial charge in [-0.2, -0.15) is 0 Å². The highest BCUT2D eigenvalue weighted by Gasteiger charge is 2.22. The molecular weight excluding hydrogens is 276 g/mol. The first-order chi connectivity index (χ1) is 9.92. The van der Waals surface area contributed by atoms with Gasteiger partial charge < -0.3 is 25.2 Å². The van der Waals surface area contributed by atoms with Crippen molar-refractivity contribution in [1.29, 1.82) is 0 Å². The summed E-state index contributed by atoms with van der Waals surface area (Å²) in [6.07, 6.45) is 4.08. The Labute approximate surface area is 125 Å². The van der Waals surface area contributed by atoms with Crippen molar-refractivity contribution < 1.29 is 30.0 Å². The molecule has 6 heteroatoms. The van der Waals surface area contributed by atoms with Gasteiger partial charge in [0.05, 0.1) is 6.61 Å². The van der Waals surface area contributed by atoms with Crippen molar-refractivity contribution in [2.75, 3.05) is 13.7 Å². The Morgan fingerprint density at radius 3 is 2.48 bits per heavy atom. The minimum Gasteiger partial charge on any atom is -0.481 e. The predicted octanol–water partition coefficient (Wildman–Crippen LogP) is 0.863. The van der Waals surface area contributed by atoms with E-state index in [1.54, 1.807) is 19.1 Å². The molecule has 0 aliphatic heterocycles. The molecule has 0 spiro atoms. The summed E-state index contributed by atoms with van der Waals surface area (Å²) >= 11 is 0. The van der Waals surface area contributed by atoms with Crippen LogP contribution in [-0.2, 0) is 9.53 Å². The number of carboxylic acids is 1. The van der Waals surface area contributed by atoms with Gasteiger partial charge in [0, 0.05) is 13.5 Å². The van der Waals surface area contributed by atoms with E-state index >= 15 is 0 Å². The van der Waals surface area contributed by atoms with Crippen LogP contribution in [-0.4, -0.2) is 58.4 Å². The van der Waals surface area contributed by atoms with Gasteiger partial charge >= 0.3 is 5.97 Å². The van der Waals surface area contributed by atoms with Gasteiger partial charge in [0.15, 0.2) is 0 Å². The molecule has 0 aromatic heterocycles. The van der Waals surface area contributed by atoms with Crippen LogP contribution in [0.25, 0.3) is 0 Å². The van der Waals surface area contributed by atoms with E-state index in [1.807, 2.05) is 0 Å². The lowest BCUT2D eigenvalue weighted by atomic mass is 10.0. The first kappa shape index (κ1) is 19.8. The van der Waals surface area contributed by atoms with Crippen LogP contribution in [0.4, 0.5) is 0 Å². The van der Waals surface area contributed by atoms with Crippen molar-refractivity contribution in [3.05, 3.63) is 23.8 Å². The van der Waals surface area contributed by atoms with Crippen LogP contribution in [0, 0.1) is 0 Å². The first-order valence-corrected chi connectivity index (χ1v) is 6.98. The van der Waals surface area contributed by atoms with E-state index in [0.717, 1.165) is 6.42 Å². The molecule has 0 rings (SSSR count). The third-order valence-electron chi connectivity index (χ3n) is 3.00. The lowest BCUT2D eigenvalue weighted by Gasteiger charge is -2.22. The van der Waals surface area contributed by atoms with E-state index in [-0.39, 0.29) is 13.0 Å². The number of aliphatic hydroxyl groups excluding tert-OH is 3. The van der Waals surface area contributed by atoms with Gasteiger partial charge in [-0.1, -0.05) is 18.2 Å². The second kappa shape index (κ2) is 11.4. The van der Waals surface area contributed by atoms with Gasteiger partial charge in [-0.25, -0.2) is 0 Å². The largest absolute Gasteiger partial charge is 0.481 e. The number of carbonyl (C=O) groups is 1. The third-order valence-corrected chi connectivity index (χ3v) is 3.00.